The highest BCUT2D eigenvalue weighted by Gasteiger charge is 2.77. The fourth-order valence-electron chi connectivity index (χ4n) is 4.83. The van der Waals surface area contributed by atoms with Crippen molar-refractivity contribution in [2.75, 3.05) is 12.3 Å². The van der Waals surface area contributed by atoms with E-state index in [9.17, 15) is 14.3 Å². The number of hydrogen-bond donors (Lipinski definition) is 2. The Morgan fingerprint density at radius 1 is 1.39 bits per heavy atom. The normalized spacial score (nSPS) is 32.9. The molecule has 0 aromatic carbocycles. The highest BCUT2D eigenvalue weighted by atomic mass is 35.5. The van der Waals surface area contributed by atoms with Gasteiger partial charge in [-0.3, -0.25) is 4.52 Å². The molecule has 2 aliphatic carbocycles. The number of nitrogens with two attached hydrogens (primary N) is 1. The summed E-state index contributed by atoms with van der Waals surface area (Å²) in [6.45, 7) is -0.109. The Kier molecular flexibility index (Phi) is 3.77. The fraction of sp³-hybridized carbons (Fsp3) is 0.438. The third-order valence-electron chi connectivity index (χ3n) is 6.27. The zero-order valence-corrected chi connectivity index (χ0v) is 17.3. The van der Waals surface area contributed by atoms with Crippen molar-refractivity contribution in [1.29, 1.82) is 0 Å². The quantitative estimate of drug-likeness (QED) is 0.315. The van der Waals surface area contributed by atoms with Crippen LogP contribution in [0.15, 0.2) is 25.0 Å². The topological polar surface area (TPSA) is 170 Å². The molecule has 162 valence electrons. The third kappa shape index (κ3) is 2.64. The lowest BCUT2D eigenvalue weighted by atomic mass is 10.0. The summed E-state index contributed by atoms with van der Waals surface area (Å²) in [5.41, 5.74) is 6.00. The summed E-state index contributed by atoms with van der Waals surface area (Å²) >= 11 is 5.98. The molecule has 0 amide bonds. The van der Waals surface area contributed by atoms with E-state index in [0.717, 1.165) is 4.34 Å². The minimum absolute atomic E-state index is 0.0343. The zero-order chi connectivity index (χ0) is 21.5. The molecule has 1 unspecified atom stereocenters. The highest BCUT2D eigenvalue weighted by Crippen LogP contribution is 2.71. The lowest BCUT2D eigenvalue weighted by Crippen LogP contribution is -2.33. The van der Waals surface area contributed by atoms with Crippen LogP contribution in [0.2, 0.25) is 5.28 Å². The minimum atomic E-state index is -4.15. The van der Waals surface area contributed by atoms with Crippen LogP contribution in [-0.2, 0) is 18.6 Å². The van der Waals surface area contributed by atoms with Gasteiger partial charge in [-0.05, 0) is 23.9 Å². The molecule has 3 N–H and O–H groups in total. The Bertz CT molecular complexity index is 1270. The molecule has 4 heterocycles. The van der Waals surface area contributed by atoms with Gasteiger partial charge in [0.1, 0.15) is 11.8 Å². The van der Waals surface area contributed by atoms with Gasteiger partial charge in [0.25, 0.3) is 0 Å². The number of nitrogens with zero attached hydrogens (tertiary/aromatic N) is 6. The number of hydrogen-bond acceptors (Lipinski definition) is 10. The second-order valence-corrected chi connectivity index (χ2v) is 9.85. The largest absolute Gasteiger partial charge is 0.509 e. The molecule has 3 fully saturated rings. The summed E-state index contributed by atoms with van der Waals surface area (Å²) in [4.78, 5) is 38.4. The molecular weight excluding hydrogens is 453 g/mol. The van der Waals surface area contributed by atoms with Crippen LogP contribution in [0.4, 0.5) is 10.6 Å². The highest BCUT2D eigenvalue weighted by molar-refractivity contribution is 7.51. The number of aromatic nitrogens is 6. The zero-order valence-electron chi connectivity index (χ0n) is 15.6. The summed E-state index contributed by atoms with van der Waals surface area (Å²) in [6, 6.07) is -0.387. The number of fused-ring (bicyclic) bond motifs is 4. The molecule has 1 aliphatic heterocycles. The number of carbonyl (C=O) groups excluding carboxylic acids is 1. The van der Waals surface area contributed by atoms with E-state index in [2.05, 4.69) is 19.9 Å². The van der Waals surface area contributed by atoms with E-state index in [0.29, 0.717) is 17.6 Å². The number of carbonyl (C=O) groups is 1. The van der Waals surface area contributed by atoms with Crippen LogP contribution < -0.4 is 5.73 Å². The number of anilines is 1. The molecule has 0 bridgehead atoms. The van der Waals surface area contributed by atoms with Gasteiger partial charge in [-0.1, -0.05) is 0 Å². The third-order valence-corrected chi connectivity index (χ3v) is 7.73. The minimum Gasteiger partial charge on any atom is -0.426 e. The lowest BCUT2D eigenvalue weighted by molar-refractivity contribution is 0.0609. The van der Waals surface area contributed by atoms with Gasteiger partial charge in [0.2, 0.25) is 5.28 Å². The number of rotatable bonds is 5. The summed E-state index contributed by atoms with van der Waals surface area (Å²) < 4.78 is 31.6. The van der Waals surface area contributed by atoms with Crippen molar-refractivity contribution in [3.05, 3.63) is 30.3 Å². The average molecular weight is 468 g/mol. The number of halogens is 1. The monoisotopic (exact) mass is 467 g/mol. The predicted molar refractivity (Wildman–Crippen MR) is 103 cm³/mol. The standard InChI is InChI=1S/C16H15ClN7O6P/c17-14-21-12(18)8-13(22-14)24(6-20-8)9-7-3-16(7,11-10(9)29-15(25)30-11)4-28-31(26,27)23-2-1-19-5-23/h1-2,5-7,9-11H,3-4H2,(H,26,27)(H2,18,21,22)/t7-,9-,10+,11+,16+/m1/s1. The molecule has 13 nitrogen and oxygen atoms in total. The maximum absolute atomic E-state index is 12.6. The summed E-state index contributed by atoms with van der Waals surface area (Å²) in [6.07, 6.45) is 3.95. The summed E-state index contributed by atoms with van der Waals surface area (Å²) in [5, 5.41) is -0.0343. The van der Waals surface area contributed by atoms with Crippen LogP contribution in [0.1, 0.15) is 12.5 Å². The van der Waals surface area contributed by atoms with Gasteiger partial charge in [-0.25, -0.2) is 23.7 Å². The van der Waals surface area contributed by atoms with E-state index < -0.39 is 31.5 Å². The van der Waals surface area contributed by atoms with Crippen molar-refractivity contribution in [3.63, 3.8) is 0 Å². The summed E-state index contributed by atoms with van der Waals surface area (Å²) in [7, 11) is -4.15. The lowest BCUT2D eigenvalue weighted by Gasteiger charge is -2.22. The molecule has 1 saturated heterocycles. The predicted octanol–water partition coefficient (Wildman–Crippen LogP) is 1.39. The fourth-order valence-corrected chi connectivity index (χ4v) is 5.97. The first-order chi connectivity index (χ1) is 14.8. The maximum Gasteiger partial charge on any atom is 0.509 e. The van der Waals surface area contributed by atoms with Crippen molar-refractivity contribution >= 4 is 42.5 Å². The Hall–Kier alpha value is -2.73. The van der Waals surface area contributed by atoms with Crippen LogP contribution in [0.25, 0.3) is 11.2 Å². The van der Waals surface area contributed by atoms with E-state index >= 15 is 0 Å². The van der Waals surface area contributed by atoms with Crippen LogP contribution in [0, 0.1) is 11.3 Å². The van der Waals surface area contributed by atoms with Gasteiger partial charge >= 0.3 is 13.9 Å². The van der Waals surface area contributed by atoms with E-state index in [1.54, 1.807) is 4.57 Å². The van der Waals surface area contributed by atoms with E-state index in [4.69, 9.17) is 31.3 Å². The first kappa shape index (κ1) is 19.0. The van der Waals surface area contributed by atoms with E-state index in [-0.39, 0.29) is 29.7 Å². The number of imidazole rings is 2. The van der Waals surface area contributed by atoms with Crippen LogP contribution in [0.3, 0.4) is 0 Å². The van der Waals surface area contributed by atoms with Gasteiger partial charge in [0.15, 0.2) is 23.7 Å². The molecule has 3 aliphatic rings. The van der Waals surface area contributed by atoms with E-state index in [1.807, 2.05) is 0 Å². The van der Waals surface area contributed by atoms with E-state index in [1.165, 1.54) is 25.0 Å². The smallest absolute Gasteiger partial charge is 0.426 e. The Balaban J connectivity index is 1.35. The molecule has 6 atom stereocenters. The van der Waals surface area contributed by atoms with Gasteiger partial charge in [-0.15, -0.1) is 0 Å². The van der Waals surface area contributed by atoms with Gasteiger partial charge in [0.05, 0.1) is 19.0 Å². The average Bonchev–Trinajstić information content (AvgIpc) is 3.19. The Morgan fingerprint density at radius 2 is 2.23 bits per heavy atom. The molecule has 15 heteroatoms. The van der Waals surface area contributed by atoms with Crippen molar-refractivity contribution in [1.82, 2.24) is 28.8 Å². The van der Waals surface area contributed by atoms with Gasteiger partial charge < -0.3 is 24.7 Å². The molecular formula is C16H15ClN7O6P. The van der Waals surface area contributed by atoms with Crippen LogP contribution in [0.5, 0.6) is 0 Å². The molecule has 3 aromatic heterocycles. The van der Waals surface area contributed by atoms with Crippen molar-refractivity contribution in [2.45, 2.75) is 24.7 Å². The number of ether oxygens (including phenoxy) is 2. The molecule has 6 rings (SSSR count). The molecule has 31 heavy (non-hydrogen) atoms. The van der Waals surface area contributed by atoms with Crippen molar-refractivity contribution in [3.8, 4) is 0 Å². The van der Waals surface area contributed by atoms with Crippen LogP contribution in [-0.4, -0.2) is 58.7 Å². The summed E-state index contributed by atoms with van der Waals surface area (Å²) in [5.74, 6) is 0.0562. The second-order valence-electron chi connectivity index (χ2n) is 7.81. The molecule has 0 spiro atoms. The Labute approximate surface area is 178 Å². The van der Waals surface area contributed by atoms with Crippen molar-refractivity contribution < 1.29 is 28.3 Å². The molecule has 2 saturated carbocycles. The SMILES string of the molecule is Nc1nc(Cl)nc2c1ncn2[C@H]1[C@@H]2OC(=O)O[C@@H]2[C@]2(COP(=O)(O)n3ccnc3)C[C@H]12. The first-order valence-corrected chi connectivity index (χ1v) is 11.2. The first-order valence-electron chi connectivity index (χ1n) is 9.29. The van der Waals surface area contributed by atoms with Gasteiger partial charge in [-0.2, -0.15) is 9.97 Å². The Morgan fingerprint density at radius 3 is 3.00 bits per heavy atom. The maximum atomic E-state index is 12.6. The molecule has 0 radical (unpaired) electrons. The van der Waals surface area contributed by atoms with Crippen LogP contribution >= 0.6 is 19.3 Å². The number of nitrogen functional groups attached to an aromatic ring is 1. The molecule has 3 aromatic rings. The second kappa shape index (κ2) is 6.16. The van der Waals surface area contributed by atoms with Crippen molar-refractivity contribution in [2.24, 2.45) is 11.3 Å². The van der Waals surface area contributed by atoms with Gasteiger partial charge in [0, 0.05) is 17.8 Å².